The van der Waals surface area contributed by atoms with E-state index < -0.39 is 0 Å². The van der Waals surface area contributed by atoms with Crippen molar-refractivity contribution in [1.29, 1.82) is 0 Å². The van der Waals surface area contributed by atoms with E-state index in [0.717, 1.165) is 12.0 Å². The highest BCUT2D eigenvalue weighted by molar-refractivity contribution is 6.34. The molecule has 4 heteroatoms. The molecule has 0 aliphatic heterocycles. The second kappa shape index (κ2) is 5.76. The van der Waals surface area contributed by atoms with E-state index in [1.165, 1.54) is 0 Å². The van der Waals surface area contributed by atoms with Gasteiger partial charge in [-0.1, -0.05) is 36.7 Å². The molecule has 0 radical (unpaired) electrons. The summed E-state index contributed by atoms with van der Waals surface area (Å²) in [5.74, 6) is -0.163. The molecule has 0 heterocycles. The first-order valence-corrected chi connectivity index (χ1v) is 6.44. The second-order valence-corrected chi connectivity index (χ2v) is 4.61. The maximum Gasteiger partial charge on any atom is 0.255 e. The van der Waals surface area contributed by atoms with Crippen LogP contribution in [0, 0.1) is 0 Å². The number of hydrogen-bond donors (Lipinski definition) is 2. The summed E-state index contributed by atoms with van der Waals surface area (Å²) in [5, 5.41) is 3.23. The Morgan fingerprint density at radius 3 is 2.68 bits per heavy atom. The zero-order chi connectivity index (χ0) is 13.8. The average Bonchev–Trinajstić information content (AvgIpc) is 2.41. The van der Waals surface area contributed by atoms with Crippen LogP contribution in [0.2, 0.25) is 5.02 Å². The van der Waals surface area contributed by atoms with Crippen molar-refractivity contribution in [2.45, 2.75) is 13.3 Å². The van der Waals surface area contributed by atoms with Crippen LogP contribution in [0.15, 0.2) is 42.5 Å². The highest BCUT2D eigenvalue weighted by Gasteiger charge is 2.11. The molecule has 0 atom stereocenters. The molecule has 0 saturated heterocycles. The number of nitrogen functional groups attached to an aromatic ring is 1. The molecule has 0 aromatic heterocycles. The summed E-state index contributed by atoms with van der Waals surface area (Å²) in [6, 6.07) is 12.5. The molecule has 2 aromatic carbocycles. The number of hydrogen-bond acceptors (Lipinski definition) is 2. The fourth-order valence-electron chi connectivity index (χ4n) is 1.87. The minimum Gasteiger partial charge on any atom is -0.399 e. The molecule has 0 fully saturated rings. The third kappa shape index (κ3) is 3.06. The lowest BCUT2D eigenvalue weighted by atomic mass is 10.0. The van der Waals surface area contributed by atoms with Crippen molar-refractivity contribution in [3.63, 3.8) is 0 Å². The first-order chi connectivity index (χ1) is 9.11. The highest BCUT2D eigenvalue weighted by atomic mass is 35.5. The quantitative estimate of drug-likeness (QED) is 0.838. The van der Waals surface area contributed by atoms with Crippen LogP contribution in [0.3, 0.4) is 0 Å². The summed E-state index contributed by atoms with van der Waals surface area (Å²) in [6.45, 7) is 2.02. The summed E-state index contributed by atoms with van der Waals surface area (Å²) >= 11 is 6.04. The monoisotopic (exact) mass is 274 g/mol. The number of nitrogens with one attached hydrogen (secondary N) is 1. The molecular formula is C15H15ClN2O. The van der Waals surface area contributed by atoms with Gasteiger partial charge in [0.15, 0.2) is 0 Å². The first-order valence-electron chi connectivity index (χ1n) is 6.06. The van der Waals surface area contributed by atoms with Crippen LogP contribution >= 0.6 is 11.6 Å². The van der Waals surface area contributed by atoms with Gasteiger partial charge in [-0.05, 0) is 36.2 Å². The predicted molar refractivity (Wildman–Crippen MR) is 79.6 cm³/mol. The molecule has 3 nitrogen and oxygen atoms in total. The molecule has 0 aliphatic carbocycles. The van der Waals surface area contributed by atoms with Crippen molar-refractivity contribution >= 4 is 28.9 Å². The molecule has 0 unspecified atom stereocenters. The minimum absolute atomic E-state index is 0.163. The summed E-state index contributed by atoms with van der Waals surface area (Å²) in [4.78, 5) is 12.2. The van der Waals surface area contributed by atoms with Crippen LogP contribution in [0.1, 0.15) is 22.8 Å². The number of halogens is 1. The minimum atomic E-state index is -0.163. The molecule has 19 heavy (non-hydrogen) atoms. The fourth-order valence-corrected chi connectivity index (χ4v) is 2.11. The molecular weight excluding hydrogens is 260 g/mol. The number of anilines is 2. The van der Waals surface area contributed by atoms with Gasteiger partial charge in [0.05, 0.1) is 10.7 Å². The van der Waals surface area contributed by atoms with Crippen LogP contribution in [-0.2, 0) is 6.42 Å². The molecule has 0 aliphatic rings. The lowest BCUT2D eigenvalue weighted by molar-refractivity contribution is 0.102. The number of carbonyl (C=O) groups excluding carboxylic acids is 1. The van der Waals surface area contributed by atoms with Gasteiger partial charge >= 0.3 is 0 Å². The molecule has 1 amide bonds. The maximum absolute atomic E-state index is 12.2. The van der Waals surface area contributed by atoms with E-state index in [1.54, 1.807) is 24.3 Å². The molecule has 98 valence electrons. The SMILES string of the molecule is CCc1ccccc1C(=O)Nc1ccc(N)cc1Cl. The van der Waals surface area contributed by atoms with Crippen LogP contribution in [0.25, 0.3) is 0 Å². The Labute approximate surface area is 117 Å². The van der Waals surface area contributed by atoms with E-state index in [0.29, 0.717) is 22.0 Å². The Morgan fingerprint density at radius 1 is 1.26 bits per heavy atom. The predicted octanol–water partition coefficient (Wildman–Crippen LogP) is 3.74. The summed E-state index contributed by atoms with van der Waals surface area (Å²) in [5.41, 5.74) is 8.42. The first kappa shape index (κ1) is 13.4. The molecule has 0 saturated carbocycles. The Hall–Kier alpha value is -2.00. The number of amides is 1. The van der Waals surface area contributed by atoms with Gasteiger partial charge in [-0.25, -0.2) is 0 Å². The van der Waals surface area contributed by atoms with Gasteiger partial charge in [-0.3, -0.25) is 4.79 Å². The highest BCUT2D eigenvalue weighted by Crippen LogP contribution is 2.25. The van der Waals surface area contributed by atoms with Gasteiger partial charge in [0.2, 0.25) is 0 Å². The number of carbonyl (C=O) groups is 1. The second-order valence-electron chi connectivity index (χ2n) is 4.20. The Kier molecular flexibility index (Phi) is 4.07. The number of nitrogens with two attached hydrogens (primary N) is 1. The van der Waals surface area contributed by atoms with Gasteiger partial charge in [0, 0.05) is 11.3 Å². The third-order valence-electron chi connectivity index (χ3n) is 2.88. The van der Waals surface area contributed by atoms with Crippen molar-refractivity contribution in [1.82, 2.24) is 0 Å². The van der Waals surface area contributed by atoms with E-state index in [1.807, 2.05) is 25.1 Å². The largest absolute Gasteiger partial charge is 0.399 e. The van der Waals surface area contributed by atoms with E-state index in [9.17, 15) is 4.79 Å². The van der Waals surface area contributed by atoms with Gasteiger partial charge < -0.3 is 11.1 Å². The lowest BCUT2D eigenvalue weighted by Gasteiger charge is -2.10. The Balaban J connectivity index is 2.26. The zero-order valence-electron chi connectivity index (χ0n) is 10.6. The van der Waals surface area contributed by atoms with Crippen LogP contribution in [0.4, 0.5) is 11.4 Å². The van der Waals surface area contributed by atoms with Crippen molar-refractivity contribution in [3.05, 3.63) is 58.6 Å². The standard InChI is InChI=1S/C15H15ClN2O/c1-2-10-5-3-4-6-12(10)15(19)18-14-8-7-11(17)9-13(14)16/h3-9H,2,17H2,1H3,(H,18,19). The van der Waals surface area contributed by atoms with Gasteiger partial charge in [-0.2, -0.15) is 0 Å². The van der Waals surface area contributed by atoms with Crippen molar-refractivity contribution in [2.75, 3.05) is 11.1 Å². The number of benzene rings is 2. The normalized spacial score (nSPS) is 10.2. The zero-order valence-corrected chi connectivity index (χ0v) is 11.4. The maximum atomic E-state index is 12.2. The van der Waals surface area contributed by atoms with Crippen LogP contribution in [-0.4, -0.2) is 5.91 Å². The Morgan fingerprint density at radius 2 is 2.00 bits per heavy atom. The Bertz CT molecular complexity index is 611. The summed E-state index contributed by atoms with van der Waals surface area (Å²) < 4.78 is 0. The van der Waals surface area contributed by atoms with Gasteiger partial charge in [-0.15, -0.1) is 0 Å². The van der Waals surface area contributed by atoms with E-state index >= 15 is 0 Å². The fraction of sp³-hybridized carbons (Fsp3) is 0.133. The van der Waals surface area contributed by atoms with Gasteiger partial charge in [0.25, 0.3) is 5.91 Å². The molecule has 3 N–H and O–H groups in total. The van der Waals surface area contributed by atoms with Gasteiger partial charge in [0.1, 0.15) is 0 Å². The van der Waals surface area contributed by atoms with Crippen molar-refractivity contribution in [2.24, 2.45) is 0 Å². The summed E-state index contributed by atoms with van der Waals surface area (Å²) in [7, 11) is 0. The van der Waals surface area contributed by atoms with Crippen LogP contribution in [0.5, 0.6) is 0 Å². The third-order valence-corrected chi connectivity index (χ3v) is 3.20. The van der Waals surface area contributed by atoms with Crippen LogP contribution < -0.4 is 11.1 Å². The topological polar surface area (TPSA) is 55.1 Å². The number of aryl methyl sites for hydroxylation is 1. The molecule has 2 rings (SSSR count). The smallest absolute Gasteiger partial charge is 0.255 e. The lowest BCUT2D eigenvalue weighted by Crippen LogP contribution is -2.14. The average molecular weight is 275 g/mol. The molecule has 0 bridgehead atoms. The molecule has 2 aromatic rings. The molecule has 0 spiro atoms. The van der Waals surface area contributed by atoms with Crippen molar-refractivity contribution in [3.8, 4) is 0 Å². The van der Waals surface area contributed by atoms with Crippen molar-refractivity contribution < 1.29 is 4.79 Å². The summed E-state index contributed by atoms with van der Waals surface area (Å²) in [6.07, 6.45) is 0.805. The van der Waals surface area contributed by atoms with E-state index in [4.69, 9.17) is 17.3 Å². The van der Waals surface area contributed by atoms with E-state index in [-0.39, 0.29) is 5.91 Å². The van der Waals surface area contributed by atoms with E-state index in [2.05, 4.69) is 5.32 Å². The number of rotatable bonds is 3.